The minimum atomic E-state index is -1.57. The molecule has 1 aliphatic rings. The molecule has 0 radical (unpaired) electrons. The van der Waals surface area contributed by atoms with Crippen LogP contribution in [0.25, 0.3) is 0 Å². The van der Waals surface area contributed by atoms with Gasteiger partial charge in [0.05, 0.1) is 6.10 Å². The number of alkyl halides is 1. The van der Waals surface area contributed by atoms with Crippen LogP contribution in [0.1, 0.15) is 12.5 Å². The number of carbonyl (C=O) groups is 1. The predicted molar refractivity (Wildman–Crippen MR) is 74.8 cm³/mol. The van der Waals surface area contributed by atoms with Gasteiger partial charge in [0.25, 0.3) is 0 Å². The molecule has 1 fully saturated rings. The van der Waals surface area contributed by atoms with E-state index in [2.05, 4.69) is 5.32 Å². The molecule has 0 saturated carbocycles. The highest BCUT2D eigenvalue weighted by atomic mass is 19.1. The molecule has 2 N–H and O–H groups in total. The van der Waals surface area contributed by atoms with E-state index >= 15 is 0 Å². The third kappa shape index (κ3) is 2.99. The molecule has 1 heterocycles. The third-order valence-electron chi connectivity index (χ3n) is 3.87. The Labute approximate surface area is 118 Å². The topological polar surface area (TPSA) is 52.6 Å². The van der Waals surface area contributed by atoms with Crippen LogP contribution in [0.2, 0.25) is 0 Å². The van der Waals surface area contributed by atoms with Gasteiger partial charge >= 0.3 is 0 Å². The highest BCUT2D eigenvalue weighted by Crippen LogP contribution is 2.27. The normalized spacial score (nSPS) is 31.0. The van der Waals surface area contributed by atoms with Crippen molar-refractivity contribution >= 4 is 5.91 Å². The van der Waals surface area contributed by atoms with Crippen molar-refractivity contribution in [1.82, 2.24) is 10.2 Å². The maximum absolute atomic E-state index is 14.3. The summed E-state index contributed by atoms with van der Waals surface area (Å²) in [5.41, 5.74) is 1.03. The fourth-order valence-corrected chi connectivity index (χ4v) is 2.73. The van der Waals surface area contributed by atoms with E-state index in [1.807, 2.05) is 30.3 Å². The van der Waals surface area contributed by atoms with Gasteiger partial charge in [0.2, 0.25) is 5.91 Å². The molecule has 0 aliphatic carbocycles. The van der Waals surface area contributed by atoms with E-state index in [0.717, 1.165) is 5.56 Å². The molecule has 1 amide bonds. The van der Waals surface area contributed by atoms with Crippen LogP contribution >= 0.6 is 0 Å². The monoisotopic (exact) mass is 280 g/mol. The standard InChI is InChI=1S/C15H21FN2O2/c1-10-8-18(9-11-6-4-3-5-7-11)13(15(20)17-2)12(16)14(10)19/h3-7,10,12-14,19H,8-9H2,1-2H3,(H,17,20)/t10-,12-,13+,14+/m1/s1. The van der Waals surface area contributed by atoms with Crippen LogP contribution in [0.4, 0.5) is 4.39 Å². The predicted octanol–water partition coefficient (Wildman–Crippen LogP) is 0.952. The Hall–Kier alpha value is -1.46. The molecule has 0 bridgehead atoms. The third-order valence-corrected chi connectivity index (χ3v) is 3.87. The molecule has 0 unspecified atom stereocenters. The molecule has 0 spiro atoms. The molecular formula is C15H21FN2O2. The fraction of sp³-hybridized carbons (Fsp3) is 0.533. The van der Waals surface area contributed by atoms with Crippen LogP contribution in [0.3, 0.4) is 0 Å². The lowest BCUT2D eigenvalue weighted by Gasteiger charge is -2.42. The lowest BCUT2D eigenvalue weighted by atomic mass is 9.88. The summed E-state index contributed by atoms with van der Waals surface area (Å²) in [4.78, 5) is 13.7. The molecule has 20 heavy (non-hydrogen) atoms. The Kier molecular flexibility index (Phi) is 4.73. The van der Waals surface area contributed by atoms with Gasteiger partial charge in [-0.05, 0) is 11.5 Å². The lowest BCUT2D eigenvalue weighted by Crippen LogP contribution is -2.61. The van der Waals surface area contributed by atoms with Crippen LogP contribution < -0.4 is 5.32 Å². The molecule has 1 aromatic carbocycles. The molecule has 5 heteroatoms. The number of carbonyl (C=O) groups excluding carboxylic acids is 1. The van der Waals surface area contributed by atoms with E-state index in [1.54, 1.807) is 11.8 Å². The summed E-state index contributed by atoms with van der Waals surface area (Å²) in [5.74, 6) is -0.589. The van der Waals surface area contributed by atoms with Crippen molar-refractivity contribution in [3.63, 3.8) is 0 Å². The molecule has 0 aromatic heterocycles. The van der Waals surface area contributed by atoms with E-state index in [9.17, 15) is 14.3 Å². The molecule has 1 aliphatic heterocycles. The van der Waals surface area contributed by atoms with Crippen molar-refractivity contribution in [2.24, 2.45) is 5.92 Å². The number of hydrogen-bond donors (Lipinski definition) is 2. The van der Waals surface area contributed by atoms with Gasteiger partial charge in [-0.1, -0.05) is 37.3 Å². The van der Waals surface area contributed by atoms with Crippen molar-refractivity contribution in [2.75, 3.05) is 13.6 Å². The Morgan fingerprint density at radius 3 is 2.70 bits per heavy atom. The summed E-state index contributed by atoms with van der Waals surface area (Å²) >= 11 is 0. The average molecular weight is 280 g/mol. The molecule has 1 saturated heterocycles. The number of hydrogen-bond acceptors (Lipinski definition) is 3. The van der Waals surface area contributed by atoms with Crippen LogP contribution in [-0.4, -0.2) is 47.8 Å². The molecular weight excluding hydrogens is 259 g/mol. The average Bonchev–Trinajstić information content (AvgIpc) is 2.45. The van der Waals surface area contributed by atoms with Crippen molar-refractivity contribution < 1.29 is 14.3 Å². The van der Waals surface area contributed by atoms with Crippen LogP contribution in [0.15, 0.2) is 30.3 Å². The molecule has 1 aromatic rings. The summed E-state index contributed by atoms with van der Waals surface area (Å²) in [5, 5.41) is 12.3. The smallest absolute Gasteiger partial charge is 0.240 e. The summed E-state index contributed by atoms with van der Waals surface area (Å²) in [6.07, 6.45) is -2.66. The van der Waals surface area contributed by atoms with E-state index in [4.69, 9.17) is 0 Å². The Bertz CT molecular complexity index is 454. The number of aliphatic hydroxyl groups is 1. The number of likely N-dealkylation sites (N-methyl/N-ethyl adjacent to an activating group) is 1. The first-order valence-electron chi connectivity index (χ1n) is 6.86. The van der Waals surface area contributed by atoms with E-state index in [1.165, 1.54) is 7.05 Å². The van der Waals surface area contributed by atoms with E-state index < -0.39 is 18.3 Å². The van der Waals surface area contributed by atoms with Crippen molar-refractivity contribution in [3.8, 4) is 0 Å². The van der Waals surface area contributed by atoms with Gasteiger partial charge in [-0.25, -0.2) is 4.39 Å². The first-order chi connectivity index (χ1) is 9.54. The number of rotatable bonds is 3. The summed E-state index contributed by atoms with van der Waals surface area (Å²) in [7, 11) is 1.49. The summed E-state index contributed by atoms with van der Waals surface area (Å²) < 4.78 is 14.3. The Morgan fingerprint density at radius 2 is 2.10 bits per heavy atom. The highest BCUT2D eigenvalue weighted by molar-refractivity contribution is 5.82. The van der Waals surface area contributed by atoms with Crippen LogP contribution in [0.5, 0.6) is 0 Å². The minimum absolute atomic E-state index is 0.199. The number of aliphatic hydroxyl groups excluding tert-OH is 1. The number of benzene rings is 1. The van der Waals surface area contributed by atoms with Gasteiger partial charge < -0.3 is 10.4 Å². The number of piperidine rings is 1. The highest BCUT2D eigenvalue weighted by Gasteiger charge is 2.44. The van der Waals surface area contributed by atoms with Gasteiger partial charge in [0.15, 0.2) is 6.17 Å². The number of likely N-dealkylation sites (tertiary alicyclic amines) is 1. The first-order valence-corrected chi connectivity index (χ1v) is 6.86. The van der Waals surface area contributed by atoms with Crippen LogP contribution in [0, 0.1) is 5.92 Å². The first kappa shape index (κ1) is 14.9. The molecule has 4 nitrogen and oxygen atoms in total. The molecule has 4 atom stereocenters. The second-order valence-corrected chi connectivity index (χ2v) is 5.39. The summed E-state index contributed by atoms with van der Waals surface area (Å²) in [6, 6.07) is 8.71. The Balaban J connectivity index is 2.20. The van der Waals surface area contributed by atoms with Gasteiger partial charge in [0.1, 0.15) is 6.04 Å². The van der Waals surface area contributed by atoms with Gasteiger partial charge in [-0.15, -0.1) is 0 Å². The second-order valence-electron chi connectivity index (χ2n) is 5.39. The maximum Gasteiger partial charge on any atom is 0.240 e. The lowest BCUT2D eigenvalue weighted by molar-refractivity contribution is -0.138. The van der Waals surface area contributed by atoms with Crippen molar-refractivity contribution in [1.29, 1.82) is 0 Å². The van der Waals surface area contributed by atoms with Crippen molar-refractivity contribution in [2.45, 2.75) is 31.8 Å². The zero-order valence-electron chi connectivity index (χ0n) is 11.8. The van der Waals surface area contributed by atoms with E-state index in [0.29, 0.717) is 13.1 Å². The van der Waals surface area contributed by atoms with E-state index in [-0.39, 0.29) is 11.8 Å². The summed E-state index contributed by atoms with van der Waals surface area (Å²) in [6.45, 7) is 2.79. The maximum atomic E-state index is 14.3. The van der Waals surface area contributed by atoms with Gasteiger partial charge in [-0.2, -0.15) is 0 Å². The zero-order valence-corrected chi connectivity index (χ0v) is 11.8. The number of amides is 1. The van der Waals surface area contributed by atoms with Crippen molar-refractivity contribution in [3.05, 3.63) is 35.9 Å². The van der Waals surface area contributed by atoms with Gasteiger partial charge in [-0.3, -0.25) is 9.69 Å². The number of nitrogens with one attached hydrogen (secondary N) is 1. The minimum Gasteiger partial charge on any atom is -0.390 e. The Morgan fingerprint density at radius 1 is 1.45 bits per heavy atom. The number of halogens is 1. The fourth-order valence-electron chi connectivity index (χ4n) is 2.73. The number of nitrogens with zero attached hydrogens (tertiary/aromatic N) is 1. The molecule has 2 rings (SSSR count). The zero-order chi connectivity index (χ0) is 14.7. The van der Waals surface area contributed by atoms with Crippen LogP contribution in [-0.2, 0) is 11.3 Å². The quantitative estimate of drug-likeness (QED) is 0.867. The SMILES string of the molecule is CNC(=O)[C@@H]1[C@@H](F)[C@@H](O)[C@H](C)CN1Cc1ccccc1. The largest absolute Gasteiger partial charge is 0.390 e. The van der Waals surface area contributed by atoms with Gasteiger partial charge in [0, 0.05) is 20.1 Å². The molecule has 110 valence electrons. The second kappa shape index (κ2) is 6.33.